The number of carbonyl (C=O) groups excluding carboxylic acids is 3. The van der Waals surface area contributed by atoms with Crippen LogP contribution in [-0.4, -0.2) is 48.5 Å². The maximum absolute atomic E-state index is 12.9. The molecule has 0 aromatic heterocycles. The van der Waals surface area contributed by atoms with Crippen molar-refractivity contribution in [2.24, 2.45) is 11.7 Å². The molecule has 0 aliphatic heterocycles. The van der Waals surface area contributed by atoms with Gasteiger partial charge in [-0.15, -0.1) is 0 Å². The van der Waals surface area contributed by atoms with Crippen LogP contribution in [0, 0.1) is 11.7 Å². The second-order valence-electron chi connectivity index (χ2n) is 7.07. The van der Waals surface area contributed by atoms with E-state index in [1.165, 1.54) is 19.2 Å². The van der Waals surface area contributed by atoms with Gasteiger partial charge < -0.3 is 20.7 Å². The zero-order valence-electron chi connectivity index (χ0n) is 15.5. The fraction of sp³-hybridized carbons (Fsp3) is 0.500. The van der Waals surface area contributed by atoms with Gasteiger partial charge in [0.05, 0.1) is 5.92 Å². The van der Waals surface area contributed by atoms with Gasteiger partial charge in [-0.1, -0.05) is 12.1 Å². The molecule has 144 valence electrons. The van der Waals surface area contributed by atoms with E-state index in [-0.39, 0.29) is 25.3 Å². The van der Waals surface area contributed by atoms with E-state index < -0.39 is 29.4 Å². The van der Waals surface area contributed by atoms with Crippen molar-refractivity contribution < 1.29 is 23.5 Å². The highest BCUT2D eigenvalue weighted by molar-refractivity contribution is 5.83. The van der Waals surface area contributed by atoms with Crippen molar-refractivity contribution in [3.05, 3.63) is 35.6 Å². The van der Waals surface area contributed by atoms with Crippen molar-refractivity contribution in [3.63, 3.8) is 0 Å². The van der Waals surface area contributed by atoms with Crippen LogP contribution in [0.1, 0.15) is 26.3 Å². The topological polar surface area (TPSA) is 102 Å². The summed E-state index contributed by atoms with van der Waals surface area (Å²) in [4.78, 5) is 36.5. The highest BCUT2D eigenvalue weighted by Gasteiger charge is 2.22. The number of amides is 3. The molecule has 0 fully saturated rings. The molecule has 8 heteroatoms. The molecule has 1 aromatic carbocycles. The monoisotopic (exact) mass is 367 g/mol. The summed E-state index contributed by atoms with van der Waals surface area (Å²) in [5.41, 5.74) is 5.44. The predicted molar refractivity (Wildman–Crippen MR) is 94.7 cm³/mol. The van der Waals surface area contributed by atoms with Crippen LogP contribution in [0.3, 0.4) is 0 Å². The Morgan fingerprint density at radius 3 is 2.31 bits per heavy atom. The first-order valence-electron chi connectivity index (χ1n) is 8.22. The molecule has 1 rings (SSSR count). The Kier molecular flexibility index (Phi) is 7.55. The Bertz CT molecular complexity index is 641. The summed E-state index contributed by atoms with van der Waals surface area (Å²) < 4.78 is 18.1. The highest BCUT2D eigenvalue weighted by Crippen LogP contribution is 2.10. The third-order valence-corrected chi connectivity index (χ3v) is 3.43. The van der Waals surface area contributed by atoms with Crippen LogP contribution in [0.2, 0.25) is 0 Å². The van der Waals surface area contributed by atoms with Gasteiger partial charge in [-0.05, 0) is 44.9 Å². The summed E-state index contributed by atoms with van der Waals surface area (Å²) in [5, 5.41) is 2.58. The molecule has 0 aliphatic rings. The lowest BCUT2D eigenvalue weighted by Gasteiger charge is -2.24. The molecule has 0 saturated carbocycles. The summed E-state index contributed by atoms with van der Waals surface area (Å²) in [6, 6.07) is 5.70. The molecule has 0 spiro atoms. The maximum Gasteiger partial charge on any atom is 0.410 e. The van der Waals surface area contributed by atoms with E-state index in [9.17, 15) is 18.8 Å². The number of nitrogens with two attached hydrogens (primary N) is 1. The van der Waals surface area contributed by atoms with Crippen LogP contribution >= 0.6 is 0 Å². The Morgan fingerprint density at radius 1 is 1.23 bits per heavy atom. The normalized spacial score (nSPS) is 12.2. The molecular weight excluding hydrogens is 341 g/mol. The second-order valence-corrected chi connectivity index (χ2v) is 7.07. The Balaban J connectivity index is 2.52. The van der Waals surface area contributed by atoms with Gasteiger partial charge in [0, 0.05) is 13.6 Å². The second kappa shape index (κ2) is 9.17. The number of primary amides is 1. The number of hydrogen-bond donors (Lipinski definition) is 2. The van der Waals surface area contributed by atoms with Crippen LogP contribution in [0.4, 0.5) is 9.18 Å². The summed E-state index contributed by atoms with van der Waals surface area (Å²) in [5.74, 6) is -2.03. The van der Waals surface area contributed by atoms with Gasteiger partial charge in [0.25, 0.3) is 0 Å². The minimum Gasteiger partial charge on any atom is -0.444 e. The van der Waals surface area contributed by atoms with Crippen molar-refractivity contribution in [1.82, 2.24) is 10.2 Å². The summed E-state index contributed by atoms with van der Waals surface area (Å²) in [7, 11) is 1.44. The maximum atomic E-state index is 12.9. The Hall–Kier alpha value is -2.64. The van der Waals surface area contributed by atoms with Crippen LogP contribution < -0.4 is 11.1 Å². The summed E-state index contributed by atoms with van der Waals surface area (Å²) in [6.07, 6.45) is -0.344. The van der Waals surface area contributed by atoms with Crippen molar-refractivity contribution in [2.75, 3.05) is 20.1 Å². The molecule has 3 amide bonds. The fourth-order valence-corrected chi connectivity index (χ4v) is 2.09. The Morgan fingerprint density at radius 2 is 1.81 bits per heavy atom. The fourth-order valence-electron chi connectivity index (χ4n) is 2.09. The third-order valence-electron chi connectivity index (χ3n) is 3.43. The van der Waals surface area contributed by atoms with E-state index in [2.05, 4.69) is 5.32 Å². The number of benzene rings is 1. The lowest BCUT2D eigenvalue weighted by molar-refractivity contribution is -0.123. The zero-order chi connectivity index (χ0) is 19.9. The van der Waals surface area contributed by atoms with E-state index in [0.717, 1.165) is 10.5 Å². The predicted octanol–water partition coefficient (Wildman–Crippen LogP) is 1.45. The lowest BCUT2D eigenvalue weighted by atomic mass is 9.98. The number of likely N-dealkylation sites (N-methyl/N-ethyl adjacent to an activating group) is 1. The summed E-state index contributed by atoms with van der Waals surface area (Å²) >= 11 is 0. The van der Waals surface area contributed by atoms with Gasteiger partial charge in [0.2, 0.25) is 11.8 Å². The molecule has 7 nitrogen and oxygen atoms in total. The molecule has 1 unspecified atom stereocenters. The summed E-state index contributed by atoms with van der Waals surface area (Å²) in [6.45, 7) is 4.99. The van der Waals surface area contributed by atoms with Crippen LogP contribution in [-0.2, 0) is 20.7 Å². The average Bonchev–Trinajstić information content (AvgIpc) is 2.51. The quantitative estimate of drug-likeness (QED) is 0.761. The number of rotatable bonds is 7. The first-order chi connectivity index (χ1) is 12.0. The lowest BCUT2D eigenvalue weighted by Crippen LogP contribution is -2.43. The van der Waals surface area contributed by atoms with Gasteiger partial charge >= 0.3 is 6.09 Å². The van der Waals surface area contributed by atoms with E-state index in [0.29, 0.717) is 0 Å². The van der Waals surface area contributed by atoms with E-state index in [1.807, 2.05) is 0 Å². The Labute approximate surface area is 152 Å². The number of nitrogens with zero attached hydrogens (tertiary/aromatic N) is 1. The van der Waals surface area contributed by atoms with E-state index in [4.69, 9.17) is 10.5 Å². The van der Waals surface area contributed by atoms with Gasteiger partial charge in [-0.3, -0.25) is 9.59 Å². The van der Waals surface area contributed by atoms with Crippen LogP contribution in [0.15, 0.2) is 24.3 Å². The number of hydrogen-bond acceptors (Lipinski definition) is 4. The zero-order valence-corrected chi connectivity index (χ0v) is 15.5. The number of ether oxygens (including phenoxy) is 1. The largest absolute Gasteiger partial charge is 0.444 e. The van der Waals surface area contributed by atoms with Gasteiger partial charge in [0.15, 0.2) is 0 Å². The molecule has 1 aromatic rings. The van der Waals surface area contributed by atoms with E-state index >= 15 is 0 Å². The molecule has 0 heterocycles. The molecule has 0 aliphatic carbocycles. The number of nitrogens with one attached hydrogen (secondary N) is 1. The molecule has 1 atom stereocenters. The number of carbonyl (C=O) groups is 3. The van der Waals surface area contributed by atoms with Crippen molar-refractivity contribution in [1.29, 1.82) is 0 Å². The molecule has 26 heavy (non-hydrogen) atoms. The molecular formula is C18H26FN3O4. The van der Waals surface area contributed by atoms with Gasteiger partial charge in [-0.2, -0.15) is 0 Å². The number of halogens is 1. The molecule has 0 bridgehead atoms. The van der Waals surface area contributed by atoms with Gasteiger partial charge in [-0.25, -0.2) is 9.18 Å². The SMILES string of the molecule is CN(CC(=O)NCC(Cc1ccc(F)cc1)C(N)=O)C(=O)OC(C)(C)C. The first-order valence-corrected chi connectivity index (χ1v) is 8.22. The first kappa shape index (κ1) is 21.4. The minimum absolute atomic E-state index is 0.0215. The van der Waals surface area contributed by atoms with Crippen molar-refractivity contribution >= 4 is 17.9 Å². The molecule has 0 radical (unpaired) electrons. The van der Waals surface area contributed by atoms with Crippen molar-refractivity contribution in [3.8, 4) is 0 Å². The third kappa shape index (κ3) is 7.96. The molecule has 3 N–H and O–H groups in total. The smallest absolute Gasteiger partial charge is 0.410 e. The standard InChI is InChI=1S/C18H26FN3O4/c1-18(2,3)26-17(25)22(4)11-15(23)21-10-13(16(20)24)9-12-5-7-14(19)8-6-12/h5-8,13H,9-11H2,1-4H3,(H2,20,24)(H,21,23). The average molecular weight is 367 g/mol. The highest BCUT2D eigenvalue weighted by atomic mass is 19.1. The van der Waals surface area contributed by atoms with Crippen LogP contribution in [0.25, 0.3) is 0 Å². The van der Waals surface area contributed by atoms with Gasteiger partial charge in [0.1, 0.15) is 18.0 Å². The minimum atomic E-state index is -0.659. The van der Waals surface area contributed by atoms with E-state index in [1.54, 1.807) is 32.9 Å². The van der Waals surface area contributed by atoms with Crippen molar-refractivity contribution in [2.45, 2.75) is 32.8 Å². The molecule has 0 saturated heterocycles. The van der Waals surface area contributed by atoms with Crippen LogP contribution in [0.5, 0.6) is 0 Å².